The van der Waals surface area contributed by atoms with Crippen molar-refractivity contribution in [3.8, 4) is 11.5 Å². The number of benzene rings is 3. The molecular weight excluding hydrogens is 576 g/mol. The summed E-state index contributed by atoms with van der Waals surface area (Å²) in [4.78, 5) is 37.2. The Morgan fingerprint density at radius 3 is 2.30 bits per heavy atom. The average molecular weight is 610 g/mol. The predicted molar refractivity (Wildman–Crippen MR) is 160 cm³/mol. The molecule has 0 radical (unpaired) electrons. The van der Waals surface area contributed by atoms with Crippen LogP contribution >= 0.6 is 15.9 Å². The number of hydrazone groups is 1. The normalized spacial score (nSPS) is 10.8. The van der Waals surface area contributed by atoms with Gasteiger partial charge in [-0.05, 0) is 90.5 Å². The monoisotopic (exact) mass is 608 g/mol. The third-order valence-corrected chi connectivity index (χ3v) is 6.44. The Bertz CT molecular complexity index is 1410. The molecular formula is C30H33BrN4O5. The van der Waals surface area contributed by atoms with Crippen LogP contribution in [0.2, 0.25) is 0 Å². The first kappa shape index (κ1) is 30.4. The molecule has 0 unspecified atom stereocenters. The molecule has 3 aromatic carbocycles. The molecule has 3 aromatic rings. The average Bonchev–Trinajstić information content (AvgIpc) is 2.90. The Balaban J connectivity index is 1.64. The molecule has 0 aliphatic carbocycles. The number of ether oxygens (including phenoxy) is 2. The Hall–Kier alpha value is -4.18. The van der Waals surface area contributed by atoms with Crippen molar-refractivity contribution in [3.05, 3.63) is 80.8 Å². The zero-order valence-corrected chi connectivity index (χ0v) is 24.8. The Morgan fingerprint density at radius 2 is 1.62 bits per heavy atom. The van der Waals surface area contributed by atoms with Gasteiger partial charge in [-0.1, -0.05) is 42.8 Å². The molecule has 0 aliphatic rings. The molecule has 0 saturated heterocycles. The molecule has 0 atom stereocenters. The number of halogens is 1. The van der Waals surface area contributed by atoms with Crippen LogP contribution in [0, 0.1) is 20.8 Å². The van der Waals surface area contributed by atoms with Crippen LogP contribution in [0.4, 0.5) is 11.4 Å². The van der Waals surface area contributed by atoms with E-state index in [2.05, 4.69) is 37.1 Å². The number of hydrogen-bond donors (Lipinski definition) is 3. The Kier molecular flexibility index (Phi) is 10.8. The van der Waals surface area contributed by atoms with Crippen molar-refractivity contribution in [1.82, 2.24) is 5.43 Å². The van der Waals surface area contributed by atoms with Gasteiger partial charge >= 0.3 is 11.8 Å². The van der Waals surface area contributed by atoms with Crippen molar-refractivity contribution >= 4 is 51.2 Å². The van der Waals surface area contributed by atoms with Crippen LogP contribution in [0.1, 0.15) is 41.7 Å². The molecule has 0 saturated carbocycles. The summed E-state index contributed by atoms with van der Waals surface area (Å²) < 4.78 is 12.0. The minimum atomic E-state index is -0.906. The third kappa shape index (κ3) is 8.16. The lowest BCUT2D eigenvalue weighted by Crippen LogP contribution is -2.32. The van der Waals surface area contributed by atoms with Gasteiger partial charge in [0, 0.05) is 11.4 Å². The molecule has 0 spiro atoms. The summed E-state index contributed by atoms with van der Waals surface area (Å²) >= 11 is 3.46. The second kappa shape index (κ2) is 14.3. The standard InChI is InChI=1S/C30H33BrN4O5/c1-6-22-10-8-9-11-24(22)33-29(37)30(38)35-32-16-21-14-23(31)28(25(15-21)39-7-2)40-17-26(36)34-27-19(4)12-18(3)13-20(27)5/h8-16H,6-7,17H2,1-5H3,(H,33,37)(H,34,36)(H,35,38)/b32-16-. The first-order chi connectivity index (χ1) is 19.1. The van der Waals surface area contributed by atoms with Gasteiger partial charge in [-0.3, -0.25) is 14.4 Å². The van der Waals surface area contributed by atoms with Crippen LogP contribution in [0.15, 0.2) is 58.1 Å². The van der Waals surface area contributed by atoms with E-state index in [0.717, 1.165) is 27.9 Å². The summed E-state index contributed by atoms with van der Waals surface area (Å²) in [7, 11) is 0. The van der Waals surface area contributed by atoms with Gasteiger partial charge in [0.1, 0.15) is 0 Å². The van der Waals surface area contributed by atoms with Gasteiger partial charge in [0.2, 0.25) is 0 Å². The maximum atomic E-state index is 12.6. The summed E-state index contributed by atoms with van der Waals surface area (Å²) in [5.41, 5.74) is 8.12. The fourth-order valence-electron chi connectivity index (χ4n) is 4.10. The van der Waals surface area contributed by atoms with Crippen molar-refractivity contribution in [2.24, 2.45) is 5.10 Å². The Morgan fingerprint density at radius 1 is 0.925 bits per heavy atom. The van der Waals surface area contributed by atoms with E-state index in [1.54, 1.807) is 24.3 Å². The summed E-state index contributed by atoms with van der Waals surface area (Å²) in [6.07, 6.45) is 2.08. The molecule has 0 heterocycles. The highest BCUT2D eigenvalue weighted by atomic mass is 79.9. The molecule has 9 nitrogen and oxygen atoms in total. The maximum absolute atomic E-state index is 12.6. The molecule has 10 heteroatoms. The first-order valence-corrected chi connectivity index (χ1v) is 13.6. The lowest BCUT2D eigenvalue weighted by molar-refractivity contribution is -0.136. The SMILES string of the molecule is CCOc1cc(/C=N\NC(=O)C(=O)Nc2ccccc2CC)cc(Br)c1OCC(=O)Nc1c(C)cc(C)cc1C. The second-order valence-corrected chi connectivity index (χ2v) is 9.89. The molecule has 0 bridgehead atoms. The maximum Gasteiger partial charge on any atom is 0.329 e. The van der Waals surface area contributed by atoms with Gasteiger partial charge in [0.05, 0.1) is 17.3 Å². The van der Waals surface area contributed by atoms with Gasteiger partial charge in [0.25, 0.3) is 5.91 Å². The van der Waals surface area contributed by atoms with Crippen molar-refractivity contribution in [2.45, 2.75) is 41.0 Å². The number of rotatable bonds is 10. The number of anilines is 2. The summed E-state index contributed by atoms with van der Waals surface area (Å²) in [5.74, 6) is -1.31. The number of hydrogen-bond acceptors (Lipinski definition) is 6. The van der Waals surface area contributed by atoms with E-state index in [0.29, 0.717) is 40.3 Å². The number of nitrogens with one attached hydrogen (secondary N) is 3. The van der Waals surface area contributed by atoms with E-state index in [9.17, 15) is 14.4 Å². The molecule has 0 fully saturated rings. The molecule has 210 valence electrons. The minimum absolute atomic E-state index is 0.231. The lowest BCUT2D eigenvalue weighted by Gasteiger charge is -2.16. The zero-order valence-electron chi connectivity index (χ0n) is 23.2. The minimum Gasteiger partial charge on any atom is -0.490 e. The smallest absolute Gasteiger partial charge is 0.329 e. The predicted octanol–water partition coefficient (Wildman–Crippen LogP) is 5.44. The van der Waals surface area contributed by atoms with Crippen molar-refractivity contribution in [1.29, 1.82) is 0 Å². The largest absolute Gasteiger partial charge is 0.490 e. The number of carbonyl (C=O) groups is 3. The topological polar surface area (TPSA) is 118 Å². The summed E-state index contributed by atoms with van der Waals surface area (Å²) in [5, 5.41) is 9.41. The first-order valence-electron chi connectivity index (χ1n) is 12.8. The number of para-hydroxylation sites is 1. The summed E-state index contributed by atoms with van der Waals surface area (Å²) in [6, 6.07) is 14.6. The van der Waals surface area contributed by atoms with E-state index < -0.39 is 11.8 Å². The van der Waals surface area contributed by atoms with E-state index in [-0.39, 0.29) is 12.5 Å². The third-order valence-electron chi connectivity index (χ3n) is 5.85. The van der Waals surface area contributed by atoms with Gasteiger partial charge in [-0.15, -0.1) is 0 Å². The lowest BCUT2D eigenvalue weighted by atomic mass is 10.1. The zero-order chi connectivity index (χ0) is 29.2. The molecule has 3 amide bonds. The van der Waals surface area contributed by atoms with Crippen molar-refractivity contribution in [2.75, 3.05) is 23.8 Å². The number of nitrogens with zero attached hydrogens (tertiary/aromatic N) is 1. The van der Waals surface area contributed by atoms with Crippen LogP contribution in [0.25, 0.3) is 0 Å². The Labute approximate surface area is 242 Å². The summed E-state index contributed by atoms with van der Waals surface area (Å²) in [6.45, 7) is 9.81. The number of aryl methyl sites for hydroxylation is 4. The molecule has 40 heavy (non-hydrogen) atoms. The molecule has 0 aliphatic heterocycles. The van der Waals surface area contributed by atoms with Crippen LogP contribution in [0.3, 0.4) is 0 Å². The van der Waals surface area contributed by atoms with Crippen LogP contribution in [0.5, 0.6) is 11.5 Å². The van der Waals surface area contributed by atoms with Gasteiger partial charge in [0.15, 0.2) is 18.1 Å². The van der Waals surface area contributed by atoms with Crippen LogP contribution in [-0.4, -0.2) is 37.1 Å². The highest BCUT2D eigenvalue weighted by molar-refractivity contribution is 9.10. The fraction of sp³-hybridized carbons (Fsp3) is 0.267. The van der Waals surface area contributed by atoms with Crippen molar-refractivity contribution < 1.29 is 23.9 Å². The van der Waals surface area contributed by atoms with Gasteiger partial charge in [-0.2, -0.15) is 5.10 Å². The van der Waals surface area contributed by atoms with E-state index >= 15 is 0 Å². The van der Waals surface area contributed by atoms with E-state index in [1.165, 1.54) is 6.21 Å². The number of amides is 3. The van der Waals surface area contributed by atoms with Crippen molar-refractivity contribution in [3.63, 3.8) is 0 Å². The molecule has 3 N–H and O–H groups in total. The van der Waals surface area contributed by atoms with Crippen LogP contribution in [-0.2, 0) is 20.8 Å². The quantitative estimate of drug-likeness (QED) is 0.161. The van der Waals surface area contributed by atoms with Crippen LogP contribution < -0.4 is 25.5 Å². The molecule has 0 aromatic heterocycles. The fourth-order valence-corrected chi connectivity index (χ4v) is 4.68. The second-order valence-electron chi connectivity index (χ2n) is 9.04. The van der Waals surface area contributed by atoms with Gasteiger partial charge < -0.3 is 20.1 Å². The van der Waals surface area contributed by atoms with E-state index in [1.807, 2.05) is 58.9 Å². The molecule has 3 rings (SSSR count). The highest BCUT2D eigenvalue weighted by Gasteiger charge is 2.16. The highest BCUT2D eigenvalue weighted by Crippen LogP contribution is 2.36. The number of carbonyl (C=O) groups excluding carboxylic acids is 3. The van der Waals surface area contributed by atoms with Gasteiger partial charge in [-0.25, -0.2) is 5.43 Å². The van der Waals surface area contributed by atoms with E-state index in [4.69, 9.17) is 9.47 Å².